The fourth-order valence-electron chi connectivity index (χ4n) is 3.81. The zero-order chi connectivity index (χ0) is 21.5. The molecule has 2 amide bonds. The molecule has 0 saturated carbocycles. The molecule has 2 N–H and O–H groups in total. The first-order valence-corrected chi connectivity index (χ1v) is 12.3. The van der Waals surface area contributed by atoms with Crippen molar-refractivity contribution in [2.24, 2.45) is 11.3 Å². The minimum Gasteiger partial charge on any atom is -0.444 e. The molecule has 29 heavy (non-hydrogen) atoms. The van der Waals surface area contributed by atoms with Crippen molar-refractivity contribution in [3.05, 3.63) is 0 Å². The normalized spacial score (nSPS) is 21.9. The van der Waals surface area contributed by atoms with Gasteiger partial charge in [0.15, 0.2) is 0 Å². The van der Waals surface area contributed by atoms with Crippen LogP contribution < -0.4 is 10.6 Å². The van der Waals surface area contributed by atoms with E-state index in [1.54, 1.807) is 20.8 Å². The molecule has 2 aliphatic heterocycles. The average molecular weight is 433 g/mol. The highest BCUT2D eigenvalue weighted by atomic mass is 32.2. The number of alkyl carbamates (subject to hydrolysis) is 1. The number of hydrogen-bond donors (Lipinski definition) is 2. The highest BCUT2D eigenvalue weighted by Gasteiger charge is 2.39. The summed E-state index contributed by atoms with van der Waals surface area (Å²) in [5, 5.41) is 5.72. The Balaban J connectivity index is 1.87. The van der Waals surface area contributed by atoms with Crippen LogP contribution in [0.5, 0.6) is 0 Å². The first-order chi connectivity index (χ1) is 13.5. The van der Waals surface area contributed by atoms with E-state index in [-0.39, 0.29) is 30.4 Å². The molecule has 0 unspecified atom stereocenters. The van der Waals surface area contributed by atoms with E-state index in [0.29, 0.717) is 25.3 Å². The fraction of sp³-hybridized carbons (Fsp3) is 0.900. The van der Waals surface area contributed by atoms with Crippen LogP contribution in [0.2, 0.25) is 0 Å². The first-order valence-electron chi connectivity index (χ1n) is 10.5. The highest BCUT2D eigenvalue weighted by molar-refractivity contribution is 7.91. The van der Waals surface area contributed by atoms with Crippen molar-refractivity contribution in [1.29, 1.82) is 0 Å². The summed E-state index contributed by atoms with van der Waals surface area (Å²) in [5.41, 5.74) is -1.18. The molecule has 8 nitrogen and oxygen atoms in total. The average Bonchev–Trinajstić information content (AvgIpc) is 2.62. The van der Waals surface area contributed by atoms with Gasteiger partial charge in [-0.1, -0.05) is 0 Å². The lowest BCUT2D eigenvalue weighted by atomic mass is 9.78. The van der Waals surface area contributed by atoms with Gasteiger partial charge in [0.25, 0.3) is 0 Å². The summed E-state index contributed by atoms with van der Waals surface area (Å²) in [7, 11) is -3.08. The molecule has 2 rings (SSSR count). The molecule has 0 aliphatic carbocycles. The summed E-state index contributed by atoms with van der Waals surface area (Å²) in [6.45, 7) is 7.74. The van der Waals surface area contributed by atoms with Crippen LogP contribution in [-0.2, 0) is 24.1 Å². The summed E-state index contributed by atoms with van der Waals surface area (Å²) < 4.78 is 34.4. The maximum absolute atomic E-state index is 12.6. The van der Waals surface area contributed by atoms with Gasteiger partial charge in [0.1, 0.15) is 15.4 Å². The quantitative estimate of drug-likeness (QED) is 0.637. The molecule has 0 atom stereocenters. The van der Waals surface area contributed by atoms with Gasteiger partial charge in [-0.05, 0) is 64.2 Å². The Bertz CT molecular complexity index is 651. The molecule has 0 aromatic rings. The van der Waals surface area contributed by atoms with Crippen LogP contribution in [0.3, 0.4) is 0 Å². The smallest absolute Gasteiger partial charge is 0.407 e. The summed E-state index contributed by atoms with van der Waals surface area (Å²) in [6.07, 6.45) is 3.34. The van der Waals surface area contributed by atoms with Crippen molar-refractivity contribution in [3.63, 3.8) is 0 Å². The molecule has 0 aromatic carbocycles. The van der Waals surface area contributed by atoms with E-state index in [4.69, 9.17) is 9.47 Å². The second-order valence-electron chi connectivity index (χ2n) is 9.38. The summed E-state index contributed by atoms with van der Waals surface area (Å²) in [4.78, 5) is 24.6. The summed E-state index contributed by atoms with van der Waals surface area (Å²) in [6, 6.07) is 0. The minimum absolute atomic E-state index is 0.0400. The molecule has 2 heterocycles. The number of carbonyl (C=O) groups excluding carboxylic acids is 2. The SMILES string of the molecule is CC(C)(C)OC(=O)NCC1(CC(=O)NCCC2CCOCC2)CCS(=O)(=O)CC1. The van der Waals surface area contributed by atoms with E-state index in [1.165, 1.54) is 0 Å². The zero-order valence-corrected chi connectivity index (χ0v) is 18.7. The van der Waals surface area contributed by atoms with Crippen LogP contribution in [0.1, 0.15) is 59.3 Å². The lowest BCUT2D eigenvalue weighted by Crippen LogP contribution is -2.46. The van der Waals surface area contributed by atoms with Gasteiger partial charge in [0, 0.05) is 32.7 Å². The van der Waals surface area contributed by atoms with E-state index in [2.05, 4.69) is 10.6 Å². The molecule has 2 saturated heterocycles. The third-order valence-electron chi connectivity index (χ3n) is 5.64. The number of rotatable bonds is 7. The predicted molar refractivity (Wildman–Crippen MR) is 110 cm³/mol. The maximum Gasteiger partial charge on any atom is 0.407 e. The lowest BCUT2D eigenvalue weighted by molar-refractivity contribution is -0.123. The van der Waals surface area contributed by atoms with Crippen molar-refractivity contribution in [1.82, 2.24) is 10.6 Å². The molecule has 0 spiro atoms. The number of amides is 2. The Morgan fingerprint density at radius 2 is 1.72 bits per heavy atom. The second-order valence-corrected chi connectivity index (χ2v) is 11.7. The molecule has 2 fully saturated rings. The highest BCUT2D eigenvalue weighted by Crippen LogP contribution is 2.35. The van der Waals surface area contributed by atoms with Gasteiger partial charge in [0.2, 0.25) is 5.91 Å². The standard InChI is InChI=1S/C20H36N2O6S/c1-19(2,3)28-18(24)22-15-20(7-12-29(25,26)13-8-20)14-17(23)21-9-4-16-5-10-27-11-6-16/h16H,4-15H2,1-3H3,(H,21,23)(H,22,24). The van der Waals surface area contributed by atoms with Crippen LogP contribution in [0.25, 0.3) is 0 Å². The van der Waals surface area contributed by atoms with Gasteiger partial charge in [0.05, 0.1) is 11.5 Å². The third-order valence-corrected chi connectivity index (χ3v) is 7.30. The minimum atomic E-state index is -3.08. The van der Waals surface area contributed by atoms with Crippen LogP contribution >= 0.6 is 0 Å². The largest absolute Gasteiger partial charge is 0.444 e. The Morgan fingerprint density at radius 1 is 1.10 bits per heavy atom. The molecule has 0 aromatic heterocycles. The van der Waals surface area contributed by atoms with Crippen molar-refractivity contribution >= 4 is 21.8 Å². The molecule has 9 heteroatoms. The first kappa shape index (κ1) is 23.9. The van der Waals surface area contributed by atoms with Crippen LogP contribution in [0.15, 0.2) is 0 Å². The molecule has 168 valence electrons. The predicted octanol–water partition coefficient (Wildman–Crippen LogP) is 2.03. The summed E-state index contributed by atoms with van der Waals surface area (Å²) >= 11 is 0. The van der Waals surface area contributed by atoms with Crippen molar-refractivity contribution < 1.29 is 27.5 Å². The second kappa shape index (κ2) is 10.1. The van der Waals surface area contributed by atoms with Gasteiger partial charge in [-0.3, -0.25) is 4.79 Å². The van der Waals surface area contributed by atoms with Crippen molar-refractivity contribution in [2.75, 3.05) is 37.8 Å². The third kappa shape index (κ3) is 8.90. The number of sulfone groups is 1. The van der Waals surface area contributed by atoms with Gasteiger partial charge in [-0.15, -0.1) is 0 Å². The van der Waals surface area contributed by atoms with Crippen molar-refractivity contribution in [2.45, 2.75) is 64.9 Å². The monoisotopic (exact) mass is 432 g/mol. The van der Waals surface area contributed by atoms with Crippen LogP contribution in [0.4, 0.5) is 4.79 Å². The van der Waals surface area contributed by atoms with Gasteiger partial charge in [-0.2, -0.15) is 0 Å². The molecule has 0 radical (unpaired) electrons. The number of hydrogen-bond acceptors (Lipinski definition) is 6. The lowest BCUT2D eigenvalue weighted by Gasteiger charge is -2.37. The molecular weight excluding hydrogens is 396 g/mol. The Kier molecular flexibility index (Phi) is 8.34. The van der Waals surface area contributed by atoms with Crippen LogP contribution in [-0.4, -0.2) is 63.8 Å². The Labute approximate surface area is 174 Å². The molecule has 2 aliphatic rings. The zero-order valence-electron chi connectivity index (χ0n) is 17.9. The van der Waals surface area contributed by atoms with Crippen LogP contribution in [0, 0.1) is 11.3 Å². The number of carbonyl (C=O) groups is 2. The van der Waals surface area contributed by atoms with E-state index in [1.807, 2.05) is 0 Å². The molecular formula is C20H36N2O6S. The van der Waals surface area contributed by atoms with Gasteiger partial charge < -0.3 is 20.1 Å². The van der Waals surface area contributed by atoms with Crippen molar-refractivity contribution in [3.8, 4) is 0 Å². The van der Waals surface area contributed by atoms with Gasteiger partial charge in [-0.25, -0.2) is 13.2 Å². The maximum atomic E-state index is 12.6. The van der Waals surface area contributed by atoms with E-state index in [9.17, 15) is 18.0 Å². The Morgan fingerprint density at radius 3 is 2.31 bits per heavy atom. The topological polar surface area (TPSA) is 111 Å². The van der Waals surface area contributed by atoms with E-state index < -0.39 is 26.9 Å². The number of nitrogens with one attached hydrogen (secondary N) is 2. The fourth-order valence-corrected chi connectivity index (χ4v) is 5.51. The number of ether oxygens (including phenoxy) is 2. The summed E-state index contributed by atoms with van der Waals surface area (Å²) in [5.74, 6) is 0.561. The Hall–Kier alpha value is -1.35. The van der Waals surface area contributed by atoms with E-state index in [0.717, 1.165) is 32.5 Å². The van der Waals surface area contributed by atoms with E-state index >= 15 is 0 Å². The molecule has 0 bridgehead atoms. The van der Waals surface area contributed by atoms with Gasteiger partial charge >= 0.3 is 6.09 Å².